The van der Waals surface area contributed by atoms with Crippen LogP contribution in [-0.4, -0.2) is 17.4 Å². The zero-order valence-corrected chi connectivity index (χ0v) is 15.2. The summed E-state index contributed by atoms with van der Waals surface area (Å²) in [5.74, 6) is -0.853. The van der Waals surface area contributed by atoms with Gasteiger partial charge in [-0.15, -0.1) is 0 Å². The molecule has 1 aromatic carbocycles. The first-order chi connectivity index (χ1) is 12.8. The molecule has 3 unspecified atom stereocenters. The van der Waals surface area contributed by atoms with Crippen LogP contribution in [0, 0.1) is 11.3 Å². The van der Waals surface area contributed by atoms with Gasteiger partial charge in [-0.2, -0.15) is 18.6 Å². The number of pyridine rings is 1. The van der Waals surface area contributed by atoms with Crippen molar-refractivity contribution in [3.05, 3.63) is 71.0 Å². The number of alkyl halides is 2. The van der Waals surface area contributed by atoms with Crippen molar-refractivity contribution < 1.29 is 23.2 Å². The first kappa shape index (κ1) is 19.0. The zero-order valence-electron chi connectivity index (χ0n) is 14.3. The van der Waals surface area contributed by atoms with Gasteiger partial charge in [-0.05, 0) is 13.0 Å². The summed E-state index contributed by atoms with van der Waals surface area (Å²) < 4.78 is 32.2. The Morgan fingerprint density at radius 2 is 1.93 bits per heavy atom. The molecule has 5 nitrogen and oxygen atoms in total. The molecule has 1 aromatic heterocycles. The number of rotatable bonds is 4. The number of benzene rings is 1. The molecule has 0 amide bonds. The van der Waals surface area contributed by atoms with Crippen LogP contribution in [0.25, 0.3) is 0 Å². The summed E-state index contributed by atoms with van der Waals surface area (Å²) in [7, 11) is 0. The molecule has 0 spiro atoms. The van der Waals surface area contributed by atoms with Crippen LogP contribution >= 0.6 is 0 Å². The molecule has 2 heterocycles. The molecule has 0 radical (unpaired) electrons. The lowest BCUT2D eigenvalue weighted by atomic mass is 9.78. The molecule has 0 fully saturated rings. The molecule has 0 saturated heterocycles. The van der Waals surface area contributed by atoms with E-state index in [0.29, 0.717) is 5.56 Å². The molecular formula is C19H17F2N3O2S. The Balaban J connectivity index is 2.25. The van der Waals surface area contributed by atoms with Crippen LogP contribution in [0.5, 0.6) is 5.75 Å². The monoisotopic (exact) mass is 389 g/mol. The third-order valence-corrected chi connectivity index (χ3v) is 4.79. The van der Waals surface area contributed by atoms with Gasteiger partial charge in [0.05, 0.1) is 12.0 Å². The van der Waals surface area contributed by atoms with E-state index in [0.717, 1.165) is 0 Å². The minimum Gasteiger partial charge on any atom is -0.762 e. The molecule has 3 atom stereocenters. The van der Waals surface area contributed by atoms with Crippen molar-refractivity contribution in [1.82, 2.24) is 5.32 Å². The van der Waals surface area contributed by atoms with Gasteiger partial charge in [-0.25, -0.2) is 0 Å². The molecule has 2 N–H and O–H groups in total. The largest absolute Gasteiger partial charge is 0.762 e. The highest BCUT2D eigenvalue weighted by Crippen LogP contribution is 2.45. The summed E-state index contributed by atoms with van der Waals surface area (Å²) in [5.41, 5.74) is -1.02. The van der Waals surface area contributed by atoms with Crippen LogP contribution in [0.15, 0.2) is 65.5 Å². The van der Waals surface area contributed by atoms with Gasteiger partial charge in [0, 0.05) is 23.3 Å². The number of nitriles is 1. The summed E-state index contributed by atoms with van der Waals surface area (Å²) in [6, 6.07) is 12.9. The average Bonchev–Trinajstić information content (AvgIpc) is 2.61. The third-order valence-electron chi connectivity index (χ3n) is 4.46. The fourth-order valence-electron chi connectivity index (χ4n) is 3.44. The lowest BCUT2D eigenvalue weighted by Gasteiger charge is -2.43. The fourth-order valence-corrected chi connectivity index (χ4v) is 3.82. The molecule has 0 aliphatic carbocycles. The normalized spacial score (nSPS) is 25.0. The number of hydrogen-bond donors (Lipinski definition) is 2. The van der Waals surface area contributed by atoms with Crippen LogP contribution in [-0.2, 0) is 12.6 Å². The number of nitrogens with zero attached hydrogens (tertiary/aromatic N) is 2. The number of nitrogens with one attached hydrogen (secondary N) is 1. The van der Waals surface area contributed by atoms with E-state index in [1.54, 1.807) is 47.3 Å². The first-order valence-corrected chi connectivity index (χ1v) is 8.57. The van der Waals surface area contributed by atoms with E-state index in [-0.39, 0.29) is 16.4 Å². The fraction of sp³-hybridized carbons (Fsp3) is 0.263. The minimum atomic E-state index is -3.02. The smallest absolute Gasteiger partial charge is 0.387 e. The Morgan fingerprint density at radius 3 is 2.56 bits per heavy atom. The Labute approximate surface area is 160 Å². The van der Waals surface area contributed by atoms with Gasteiger partial charge in [-0.1, -0.05) is 29.3 Å². The van der Waals surface area contributed by atoms with Crippen molar-refractivity contribution >= 4 is 12.6 Å². The summed E-state index contributed by atoms with van der Waals surface area (Å²) in [6.45, 7) is -1.49. The predicted octanol–water partition coefficient (Wildman–Crippen LogP) is 2.49. The van der Waals surface area contributed by atoms with Crippen LogP contribution in [0.3, 0.4) is 0 Å². The standard InChI is InChI=1S/C19H17F2N3O2S/c1-19(25)16(24-9-5-2-6-10-24)15(13(11-22)17(27)23-19)12-7-3-4-8-14(12)26-18(20)21/h2-10,15-16,18,23,25H,1H3. The number of hydrogen-bond acceptors (Lipinski definition) is 5. The second-order valence-corrected chi connectivity index (χ2v) is 6.70. The van der Waals surface area contributed by atoms with E-state index in [4.69, 9.17) is 12.6 Å². The van der Waals surface area contributed by atoms with E-state index in [1.165, 1.54) is 13.0 Å². The molecule has 8 heteroatoms. The maximum atomic E-state index is 12.9. The summed E-state index contributed by atoms with van der Waals surface area (Å²) >= 11 is 5.26. The van der Waals surface area contributed by atoms with Gasteiger partial charge in [0.15, 0.2) is 18.1 Å². The quantitative estimate of drug-likeness (QED) is 0.621. The third kappa shape index (κ3) is 3.70. The first-order valence-electron chi connectivity index (χ1n) is 8.16. The molecule has 1 aliphatic rings. The topological polar surface area (TPSA) is 69.2 Å². The van der Waals surface area contributed by atoms with Crippen molar-refractivity contribution in [2.45, 2.75) is 31.2 Å². The maximum Gasteiger partial charge on any atom is 0.387 e. The number of aromatic nitrogens is 1. The van der Waals surface area contributed by atoms with Gasteiger partial charge in [-0.3, -0.25) is 0 Å². The zero-order chi connectivity index (χ0) is 19.6. The maximum absolute atomic E-state index is 12.9. The van der Waals surface area contributed by atoms with Crippen LogP contribution in [0.4, 0.5) is 8.78 Å². The molecule has 1 aliphatic heterocycles. The summed E-state index contributed by atoms with van der Waals surface area (Å²) in [5, 5.41) is 23.6. The molecule has 3 rings (SSSR count). The van der Waals surface area contributed by atoms with Gasteiger partial charge in [0.25, 0.3) is 0 Å². The van der Waals surface area contributed by atoms with Crippen molar-refractivity contribution in [3.63, 3.8) is 0 Å². The molecule has 0 saturated carbocycles. The Morgan fingerprint density at radius 1 is 1.26 bits per heavy atom. The number of halogens is 2. The Hall–Kier alpha value is -2.76. The average molecular weight is 389 g/mol. The lowest BCUT2D eigenvalue weighted by molar-refractivity contribution is -0.741. The van der Waals surface area contributed by atoms with E-state index in [1.807, 2.05) is 6.07 Å². The van der Waals surface area contributed by atoms with Gasteiger partial charge in [0.1, 0.15) is 5.75 Å². The lowest BCUT2D eigenvalue weighted by Crippen LogP contribution is -2.63. The van der Waals surface area contributed by atoms with Crippen molar-refractivity contribution in [3.8, 4) is 11.8 Å². The highest BCUT2D eigenvalue weighted by molar-refractivity contribution is 7.63. The van der Waals surface area contributed by atoms with Crippen LogP contribution in [0.1, 0.15) is 24.4 Å². The second kappa shape index (κ2) is 7.47. The number of allylic oxidation sites excluding steroid dienone is 1. The molecule has 27 heavy (non-hydrogen) atoms. The summed E-state index contributed by atoms with van der Waals surface area (Å²) in [4.78, 5) is 0. The Bertz CT molecular complexity index is 897. The molecular weight excluding hydrogens is 372 g/mol. The van der Waals surface area contributed by atoms with E-state index < -0.39 is 24.3 Å². The van der Waals surface area contributed by atoms with Crippen molar-refractivity contribution in [1.29, 1.82) is 5.26 Å². The number of para-hydroxylation sites is 1. The minimum absolute atomic E-state index is 0.0627. The molecule has 140 valence electrons. The van der Waals surface area contributed by atoms with Crippen molar-refractivity contribution in [2.75, 3.05) is 0 Å². The number of ether oxygens (including phenoxy) is 1. The molecule has 0 bridgehead atoms. The number of aliphatic hydroxyl groups is 1. The predicted molar refractivity (Wildman–Crippen MR) is 95.3 cm³/mol. The van der Waals surface area contributed by atoms with Crippen LogP contribution < -0.4 is 14.6 Å². The van der Waals surface area contributed by atoms with Crippen molar-refractivity contribution in [2.24, 2.45) is 0 Å². The van der Waals surface area contributed by atoms with Gasteiger partial charge in [0.2, 0.25) is 6.04 Å². The van der Waals surface area contributed by atoms with Gasteiger partial charge < -0.3 is 27.8 Å². The molecule has 2 aromatic rings. The van der Waals surface area contributed by atoms with E-state index >= 15 is 0 Å². The van der Waals surface area contributed by atoms with E-state index in [9.17, 15) is 19.1 Å². The summed E-state index contributed by atoms with van der Waals surface area (Å²) in [6.07, 6.45) is 3.46. The SMILES string of the molecule is CC1(O)NC([S-])=C(C#N)C(c2ccccc2OC(F)F)C1[n+]1ccccc1. The van der Waals surface area contributed by atoms with E-state index in [2.05, 4.69) is 16.1 Å². The second-order valence-electron chi connectivity index (χ2n) is 6.29. The van der Waals surface area contributed by atoms with Crippen LogP contribution in [0.2, 0.25) is 0 Å². The highest BCUT2D eigenvalue weighted by Gasteiger charge is 2.50. The highest BCUT2D eigenvalue weighted by atomic mass is 32.1. The van der Waals surface area contributed by atoms with Gasteiger partial charge >= 0.3 is 6.61 Å². The Kier molecular flexibility index (Phi) is 5.26.